The first kappa shape index (κ1) is 10.1. The molecule has 2 rings (SSSR count). The summed E-state index contributed by atoms with van der Waals surface area (Å²) in [6.07, 6.45) is 0. The number of rotatable bonds is 2. The van der Waals surface area contributed by atoms with Crippen molar-refractivity contribution in [2.45, 2.75) is 13.5 Å². The van der Waals surface area contributed by atoms with Crippen molar-refractivity contribution in [2.24, 2.45) is 0 Å². The fraction of sp³-hybridized carbons (Fsp3) is 0.273. The lowest BCUT2D eigenvalue weighted by Gasteiger charge is -1.96. The molecule has 14 heavy (non-hydrogen) atoms. The molecule has 0 bridgehead atoms. The van der Waals surface area contributed by atoms with Crippen LogP contribution >= 0.6 is 27.3 Å². The molecule has 0 atom stereocenters. The van der Waals surface area contributed by atoms with Gasteiger partial charge in [0.05, 0.1) is 0 Å². The minimum atomic E-state index is 0.956. The fourth-order valence-corrected chi connectivity index (χ4v) is 3.42. The molecule has 2 aromatic rings. The molecule has 0 fully saturated rings. The van der Waals surface area contributed by atoms with Gasteiger partial charge >= 0.3 is 0 Å². The minimum Gasteiger partial charge on any atom is -0.315 e. The van der Waals surface area contributed by atoms with Gasteiger partial charge in [-0.15, -0.1) is 11.3 Å². The van der Waals surface area contributed by atoms with Crippen molar-refractivity contribution in [1.29, 1.82) is 0 Å². The van der Waals surface area contributed by atoms with Crippen LogP contribution in [0.15, 0.2) is 22.7 Å². The molecule has 1 N–H and O–H groups in total. The highest BCUT2D eigenvalue weighted by Crippen LogP contribution is 2.35. The van der Waals surface area contributed by atoms with E-state index < -0.39 is 0 Å². The van der Waals surface area contributed by atoms with E-state index in [1.807, 2.05) is 18.4 Å². The maximum atomic E-state index is 3.59. The van der Waals surface area contributed by atoms with Crippen LogP contribution < -0.4 is 5.32 Å². The van der Waals surface area contributed by atoms with Crippen LogP contribution in [0.2, 0.25) is 0 Å². The summed E-state index contributed by atoms with van der Waals surface area (Å²) in [5, 5.41) is 4.57. The van der Waals surface area contributed by atoms with Gasteiger partial charge in [0.15, 0.2) is 0 Å². The predicted octanol–water partition coefficient (Wildman–Crippen LogP) is 3.69. The van der Waals surface area contributed by atoms with Gasteiger partial charge in [0.2, 0.25) is 0 Å². The Morgan fingerprint density at radius 1 is 1.43 bits per heavy atom. The zero-order valence-electron chi connectivity index (χ0n) is 8.23. The number of halogens is 1. The minimum absolute atomic E-state index is 0.956. The van der Waals surface area contributed by atoms with Gasteiger partial charge in [-0.05, 0) is 46.9 Å². The van der Waals surface area contributed by atoms with Crippen LogP contribution in [-0.2, 0) is 6.54 Å². The van der Waals surface area contributed by atoms with Crippen molar-refractivity contribution in [3.63, 3.8) is 0 Å². The maximum Gasteiger partial charge on any atom is 0.0491 e. The van der Waals surface area contributed by atoms with Crippen LogP contribution in [0.4, 0.5) is 0 Å². The Labute approximate surface area is 96.3 Å². The average molecular weight is 270 g/mol. The Bertz CT molecular complexity index is 462. The van der Waals surface area contributed by atoms with E-state index in [0.29, 0.717) is 0 Å². The van der Waals surface area contributed by atoms with Crippen molar-refractivity contribution in [3.05, 3.63) is 33.1 Å². The molecular weight excluding hydrogens is 258 g/mol. The van der Waals surface area contributed by atoms with E-state index in [0.717, 1.165) is 6.54 Å². The van der Waals surface area contributed by atoms with Gasteiger partial charge in [0, 0.05) is 20.6 Å². The highest BCUT2D eigenvalue weighted by molar-refractivity contribution is 9.10. The summed E-state index contributed by atoms with van der Waals surface area (Å²) in [6, 6.07) is 6.38. The molecule has 0 aliphatic rings. The molecule has 1 heterocycles. The third-order valence-electron chi connectivity index (χ3n) is 2.35. The number of thiophene rings is 1. The number of nitrogens with one attached hydrogen (secondary N) is 1. The fourth-order valence-electron chi connectivity index (χ4n) is 1.59. The van der Waals surface area contributed by atoms with Crippen LogP contribution in [0.1, 0.15) is 10.4 Å². The van der Waals surface area contributed by atoms with E-state index in [-0.39, 0.29) is 0 Å². The zero-order chi connectivity index (χ0) is 10.1. The molecule has 74 valence electrons. The first-order chi connectivity index (χ1) is 6.74. The first-order valence-electron chi connectivity index (χ1n) is 4.55. The van der Waals surface area contributed by atoms with E-state index in [9.17, 15) is 0 Å². The highest BCUT2D eigenvalue weighted by Gasteiger charge is 2.08. The summed E-state index contributed by atoms with van der Waals surface area (Å²) in [5.74, 6) is 0. The first-order valence-corrected chi connectivity index (χ1v) is 6.16. The number of fused-ring (bicyclic) bond motifs is 1. The van der Waals surface area contributed by atoms with E-state index >= 15 is 0 Å². The Balaban J connectivity index is 2.67. The van der Waals surface area contributed by atoms with Crippen LogP contribution in [0.5, 0.6) is 0 Å². The molecular formula is C11H12BrNS. The van der Waals surface area contributed by atoms with E-state index in [4.69, 9.17) is 0 Å². The molecule has 0 aliphatic heterocycles. The quantitative estimate of drug-likeness (QED) is 0.877. The molecule has 0 unspecified atom stereocenters. The molecule has 0 saturated carbocycles. The summed E-state index contributed by atoms with van der Waals surface area (Å²) >= 11 is 5.45. The van der Waals surface area contributed by atoms with Gasteiger partial charge in [0.1, 0.15) is 0 Å². The van der Waals surface area contributed by atoms with Crippen LogP contribution in [0.25, 0.3) is 10.1 Å². The molecule has 0 amide bonds. The van der Waals surface area contributed by atoms with Gasteiger partial charge in [-0.2, -0.15) is 0 Å². The molecule has 0 saturated heterocycles. The second-order valence-electron chi connectivity index (χ2n) is 3.30. The summed E-state index contributed by atoms with van der Waals surface area (Å²) in [4.78, 5) is 1.43. The van der Waals surface area contributed by atoms with Crippen molar-refractivity contribution in [2.75, 3.05) is 7.05 Å². The lowest BCUT2D eigenvalue weighted by molar-refractivity contribution is 0.827. The van der Waals surface area contributed by atoms with Crippen LogP contribution in [0.3, 0.4) is 0 Å². The van der Waals surface area contributed by atoms with Gasteiger partial charge in [-0.3, -0.25) is 0 Å². The predicted molar refractivity (Wildman–Crippen MR) is 67.0 cm³/mol. The molecule has 1 nitrogen and oxygen atoms in total. The van der Waals surface area contributed by atoms with Crippen molar-refractivity contribution >= 4 is 37.4 Å². The third-order valence-corrected chi connectivity index (χ3v) is 4.62. The van der Waals surface area contributed by atoms with Crippen LogP contribution in [-0.4, -0.2) is 7.05 Å². The smallest absolute Gasteiger partial charge is 0.0491 e. The Kier molecular flexibility index (Phi) is 2.91. The van der Waals surface area contributed by atoms with Crippen molar-refractivity contribution in [3.8, 4) is 0 Å². The van der Waals surface area contributed by atoms with Gasteiger partial charge in [0.25, 0.3) is 0 Å². The Morgan fingerprint density at radius 3 is 2.86 bits per heavy atom. The molecule has 1 aromatic carbocycles. The second-order valence-corrected chi connectivity index (χ2v) is 5.26. The molecule has 3 heteroatoms. The lowest BCUT2D eigenvalue weighted by Crippen LogP contribution is -2.03. The SMILES string of the molecule is CNCc1sc2c(Br)cccc2c1C. The number of benzene rings is 1. The topological polar surface area (TPSA) is 12.0 Å². The van der Waals surface area contributed by atoms with Gasteiger partial charge in [-0.1, -0.05) is 12.1 Å². The van der Waals surface area contributed by atoms with Crippen molar-refractivity contribution < 1.29 is 0 Å². The summed E-state index contributed by atoms with van der Waals surface area (Å²) < 4.78 is 2.56. The van der Waals surface area contributed by atoms with Gasteiger partial charge < -0.3 is 5.32 Å². The Morgan fingerprint density at radius 2 is 2.21 bits per heavy atom. The Hall–Kier alpha value is -0.380. The summed E-state index contributed by atoms with van der Waals surface area (Å²) in [6.45, 7) is 3.15. The zero-order valence-corrected chi connectivity index (χ0v) is 10.6. The highest BCUT2D eigenvalue weighted by atomic mass is 79.9. The standard InChI is InChI=1S/C11H12BrNS/c1-7-8-4-3-5-9(12)11(8)14-10(7)6-13-2/h3-5,13H,6H2,1-2H3. The molecule has 0 aliphatic carbocycles. The molecule has 1 aromatic heterocycles. The largest absolute Gasteiger partial charge is 0.315 e. The van der Waals surface area contributed by atoms with Gasteiger partial charge in [-0.25, -0.2) is 0 Å². The number of aryl methyl sites for hydroxylation is 1. The average Bonchev–Trinajstić information content (AvgIpc) is 2.48. The number of hydrogen-bond acceptors (Lipinski definition) is 2. The summed E-state index contributed by atoms with van der Waals surface area (Å²) in [7, 11) is 1.98. The maximum absolute atomic E-state index is 3.59. The second kappa shape index (κ2) is 4.01. The van der Waals surface area contributed by atoms with E-state index in [1.165, 1.54) is 25.0 Å². The van der Waals surface area contributed by atoms with Crippen molar-refractivity contribution in [1.82, 2.24) is 5.32 Å². The summed E-state index contributed by atoms with van der Waals surface area (Å²) in [5.41, 5.74) is 1.40. The van der Waals surface area contributed by atoms with E-state index in [1.54, 1.807) is 0 Å². The molecule has 0 spiro atoms. The monoisotopic (exact) mass is 269 g/mol. The van der Waals surface area contributed by atoms with E-state index in [2.05, 4.69) is 46.4 Å². The molecule has 0 radical (unpaired) electrons. The normalized spacial score (nSPS) is 11.1. The lowest BCUT2D eigenvalue weighted by atomic mass is 10.1. The third kappa shape index (κ3) is 1.60. The van der Waals surface area contributed by atoms with Crippen LogP contribution in [0, 0.1) is 6.92 Å². The number of hydrogen-bond donors (Lipinski definition) is 1.